The lowest BCUT2D eigenvalue weighted by Crippen LogP contribution is -2.42. The van der Waals surface area contributed by atoms with Crippen molar-refractivity contribution in [2.45, 2.75) is 58.5 Å². The zero-order valence-corrected chi connectivity index (χ0v) is 28.7. The molecular formula is C37H45N5O6. The smallest absolute Gasteiger partial charge is 0.242 e. The fourth-order valence-electron chi connectivity index (χ4n) is 6.56. The number of imidazole rings is 1. The van der Waals surface area contributed by atoms with Crippen LogP contribution in [0.2, 0.25) is 0 Å². The van der Waals surface area contributed by atoms with Crippen LogP contribution in [0.1, 0.15) is 56.6 Å². The third kappa shape index (κ3) is 7.10. The van der Waals surface area contributed by atoms with Gasteiger partial charge in [0.25, 0.3) is 0 Å². The molecule has 0 radical (unpaired) electrons. The van der Waals surface area contributed by atoms with Gasteiger partial charge in [-0.1, -0.05) is 32.0 Å². The number of nitrogens with one attached hydrogen (secondary N) is 3. The van der Waals surface area contributed by atoms with Crippen LogP contribution in [0.4, 0.5) is 5.69 Å². The monoisotopic (exact) mass is 655 g/mol. The van der Waals surface area contributed by atoms with Crippen molar-refractivity contribution in [1.29, 1.82) is 0 Å². The second kappa shape index (κ2) is 14.8. The van der Waals surface area contributed by atoms with Gasteiger partial charge in [-0.05, 0) is 72.2 Å². The molecule has 0 bridgehead atoms. The molecule has 1 aromatic heterocycles. The van der Waals surface area contributed by atoms with E-state index in [9.17, 15) is 14.4 Å². The summed E-state index contributed by atoms with van der Waals surface area (Å²) >= 11 is 0. The van der Waals surface area contributed by atoms with Gasteiger partial charge >= 0.3 is 0 Å². The maximum absolute atomic E-state index is 13.9. The highest BCUT2D eigenvalue weighted by Crippen LogP contribution is 2.50. The van der Waals surface area contributed by atoms with Crippen LogP contribution >= 0.6 is 0 Å². The molecule has 0 spiro atoms. The van der Waals surface area contributed by atoms with Gasteiger partial charge in [0.15, 0.2) is 11.5 Å². The summed E-state index contributed by atoms with van der Waals surface area (Å²) < 4.78 is 19.2. The summed E-state index contributed by atoms with van der Waals surface area (Å²) in [4.78, 5) is 44.5. The lowest BCUT2D eigenvalue weighted by atomic mass is 9.95. The third-order valence-electron chi connectivity index (χ3n) is 8.80. The number of hydrogen-bond acceptors (Lipinski definition) is 8. The largest absolute Gasteiger partial charge is 0.493 e. The fourth-order valence-corrected chi connectivity index (χ4v) is 6.56. The van der Waals surface area contributed by atoms with E-state index in [1.165, 1.54) is 6.92 Å². The van der Waals surface area contributed by atoms with Crippen molar-refractivity contribution in [2.75, 3.05) is 33.2 Å². The summed E-state index contributed by atoms with van der Waals surface area (Å²) in [7, 11) is 6.65. The molecule has 254 valence electrons. The summed E-state index contributed by atoms with van der Waals surface area (Å²) in [6, 6.07) is 13.9. The minimum Gasteiger partial charge on any atom is -0.493 e. The topological polar surface area (TPSA) is 133 Å². The number of rotatable bonds is 12. The van der Waals surface area contributed by atoms with Gasteiger partial charge in [-0.3, -0.25) is 14.4 Å². The number of benzene rings is 2. The molecule has 0 fully saturated rings. The number of fused-ring (bicyclic) bond motifs is 4. The predicted octanol–water partition coefficient (Wildman–Crippen LogP) is 4.94. The first-order valence-electron chi connectivity index (χ1n) is 16.3. The van der Waals surface area contributed by atoms with Gasteiger partial charge in [-0.25, -0.2) is 4.98 Å². The van der Waals surface area contributed by atoms with Gasteiger partial charge in [-0.15, -0.1) is 0 Å². The molecule has 11 heteroatoms. The van der Waals surface area contributed by atoms with E-state index < -0.39 is 12.1 Å². The predicted molar refractivity (Wildman–Crippen MR) is 187 cm³/mol. The van der Waals surface area contributed by atoms with E-state index in [0.29, 0.717) is 55.0 Å². The molecule has 2 amide bonds. The molecule has 2 atom stereocenters. The summed E-state index contributed by atoms with van der Waals surface area (Å²) in [5, 5.41) is 9.34. The van der Waals surface area contributed by atoms with E-state index in [2.05, 4.69) is 16.0 Å². The first-order chi connectivity index (χ1) is 23.1. The van der Waals surface area contributed by atoms with Gasteiger partial charge in [-0.2, -0.15) is 0 Å². The average molecular weight is 656 g/mol. The Hall–Kier alpha value is -5.06. The molecule has 11 nitrogen and oxygen atoms in total. The lowest BCUT2D eigenvalue weighted by Gasteiger charge is -2.20. The first kappa shape index (κ1) is 34.3. The Morgan fingerprint density at radius 1 is 1.02 bits per heavy atom. The highest BCUT2D eigenvalue weighted by Gasteiger charge is 2.30. The Kier molecular flexibility index (Phi) is 10.6. The van der Waals surface area contributed by atoms with Crippen molar-refractivity contribution < 1.29 is 23.8 Å². The Labute approximate surface area is 281 Å². The molecule has 3 N–H and O–H groups in total. The Morgan fingerprint density at radius 2 is 1.77 bits per heavy atom. The molecule has 0 aliphatic heterocycles. The second-order valence-corrected chi connectivity index (χ2v) is 12.5. The van der Waals surface area contributed by atoms with E-state index in [1.807, 2.05) is 61.9 Å². The van der Waals surface area contributed by atoms with Crippen LogP contribution in [-0.4, -0.2) is 55.3 Å². The van der Waals surface area contributed by atoms with Crippen LogP contribution in [0.25, 0.3) is 22.2 Å². The Morgan fingerprint density at radius 3 is 2.44 bits per heavy atom. The molecule has 0 saturated heterocycles. The molecule has 1 aliphatic rings. The van der Waals surface area contributed by atoms with Crippen molar-refractivity contribution >= 4 is 28.5 Å². The third-order valence-corrected chi connectivity index (χ3v) is 8.80. The summed E-state index contributed by atoms with van der Waals surface area (Å²) in [6.45, 7) is 5.93. The number of nitrogens with zero attached hydrogens (tertiary/aromatic N) is 2. The summed E-state index contributed by atoms with van der Waals surface area (Å²) in [6.07, 6.45) is 2.22. The molecule has 48 heavy (non-hydrogen) atoms. The van der Waals surface area contributed by atoms with E-state index >= 15 is 0 Å². The quantitative estimate of drug-likeness (QED) is 0.196. The first-order valence-corrected chi connectivity index (χ1v) is 16.3. The van der Waals surface area contributed by atoms with Crippen molar-refractivity contribution in [1.82, 2.24) is 20.2 Å². The average Bonchev–Trinajstić information content (AvgIpc) is 3.19. The van der Waals surface area contributed by atoms with Crippen molar-refractivity contribution in [3.05, 3.63) is 75.7 Å². The van der Waals surface area contributed by atoms with Crippen LogP contribution in [0.15, 0.2) is 53.3 Å². The molecule has 0 unspecified atom stereocenters. The van der Waals surface area contributed by atoms with Crippen LogP contribution in [-0.2, 0) is 29.5 Å². The van der Waals surface area contributed by atoms with Gasteiger partial charge in [0.1, 0.15) is 11.9 Å². The normalized spacial score (nSPS) is 14.4. The van der Waals surface area contributed by atoms with Crippen LogP contribution in [0.3, 0.4) is 0 Å². The number of amides is 2. The number of carbonyl (C=O) groups is 2. The highest BCUT2D eigenvalue weighted by atomic mass is 16.5. The zero-order chi connectivity index (χ0) is 34.5. The molecular weight excluding hydrogens is 610 g/mol. The molecule has 3 aromatic carbocycles. The van der Waals surface area contributed by atoms with Crippen molar-refractivity contribution in [3.63, 3.8) is 0 Å². The van der Waals surface area contributed by atoms with Gasteiger partial charge in [0.2, 0.25) is 23.0 Å². The zero-order valence-electron chi connectivity index (χ0n) is 28.7. The number of hydrogen-bond donors (Lipinski definition) is 3. The molecule has 1 aliphatic carbocycles. The van der Waals surface area contributed by atoms with E-state index in [1.54, 1.807) is 33.5 Å². The van der Waals surface area contributed by atoms with Crippen LogP contribution in [0.5, 0.6) is 17.2 Å². The van der Waals surface area contributed by atoms with Gasteiger partial charge < -0.3 is 34.7 Å². The van der Waals surface area contributed by atoms with Crippen LogP contribution < -0.4 is 35.6 Å². The number of para-hydroxylation sites is 2. The minimum absolute atomic E-state index is 0.181. The fraction of sp³-hybridized carbons (Fsp3) is 0.405. The Balaban J connectivity index is 1.49. The minimum atomic E-state index is -0.655. The SMILES string of the molecule is COc1cc2c(c(OC)c1OC)-c1ccc(N[C@H](CC(C)C)C(=O)NCCc3nc4ccccc4n3C)c(=O)cc1[C@@H](NC(C)=O)CC2. The van der Waals surface area contributed by atoms with Gasteiger partial charge in [0, 0.05) is 32.5 Å². The highest BCUT2D eigenvalue weighted by molar-refractivity contribution is 5.86. The lowest BCUT2D eigenvalue weighted by molar-refractivity contribution is -0.122. The Bertz CT molecular complexity index is 1880. The number of aromatic nitrogens is 2. The number of aryl methyl sites for hydroxylation is 2. The number of anilines is 1. The van der Waals surface area contributed by atoms with E-state index in [4.69, 9.17) is 19.2 Å². The summed E-state index contributed by atoms with van der Waals surface area (Å²) in [5.74, 6) is 2.09. The van der Waals surface area contributed by atoms with Crippen molar-refractivity contribution in [3.8, 4) is 28.4 Å². The summed E-state index contributed by atoms with van der Waals surface area (Å²) in [5.41, 5.74) is 5.00. The molecule has 1 heterocycles. The van der Waals surface area contributed by atoms with E-state index in [0.717, 1.165) is 33.5 Å². The van der Waals surface area contributed by atoms with Crippen molar-refractivity contribution in [2.24, 2.45) is 13.0 Å². The standard InChI is InChI=1S/C37H45N5O6/c1-21(2)18-29(37(45)38-17-16-33-41-27-10-8-9-11-30(27)42(33)4)40-28-15-13-24-25(20-31(28)44)26(39-22(3)43)14-12-23-19-32(46-5)35(47-6)36(48-7)34(23)24/h8-11,13,15,19-21,26,29H,12,14,16-18H2,1-7H3,(H,38,45)(H,39,43)(H,40,44)/t26-,29+/m0/s1. The molecule has 4 aromatic rings. The van der Waals surface area contributed by atoms with Crippen LogP contribution in [0, 0.1) is 5.92 Å². The number of ether oxygens (including phenoxy) is 3. The maximum atomic E-state index is 13.9. The number of carbonyl (C=O) groups excluding carboxylic acids is 2. The number of methoxy groups -OCH3 is 3. The van der Waals surface area contributed by atoms with E-state index in [-0.39, 0.29) is 28.8 Å². The van der Waals surface area contributed by atoms with Gasteiger partial charge in [0.05, 0.1) is 44.1 Å². The maximum Gasteiger partial charge on any atom is 0.242 e. The second-order valence-electron chi connectivity index (χ2n) is 12.5. The molecule has 5 rings (SSSR count). The molecule has 0 saturated carbocycles.